The van der Waals surface area contributed by atoms with Gasteiger partial charge in [-0.15, -0.1) is 24.8 Å². The summed E-state index contributed by atoms with van der Waals surface area (Å²) in [6, 6.07) is 6.14. The van der Waals surface area contributed by atoms with Crippen molar-refractivity contribution in [3.63, 3.8) is 0 Å². The fourth-order valence-electron chi connectivity index (χ4n) is 3.09. The second-order valence-corrected chi connectivity index (χ2v) is 6.52. The maximum atomic E-state index is 5.65. The number of nitrogens with zero attached hydrogens (tertiary/aromatic N) is 5. The van der Waals surface area contributed by atoms with Crippen molar-refractivity contribution >= 4 is 47.8 Å². The molecular weight excluding hydrogens is 479 g/mol. The van der Waals surface area contributed by atoms with Crippen molar-refractivity contribution in [3.05, 3.63) is 30.6 Å². The fraction of sp³-hybridized carbons (Fsp3) is 0.500. The van der Waals surface area contributed by atoms with E-state index in [2.05, 4.69) is 42.7 Å². The lowest BCUT2D eigenvalue weighted by Gasteiger charge is -2.28. The van der Waals surface area contributed by atoms with Crippen LogP contribution in [0.15, 0.2) is 40.8 Å². The lowest BCUT2D eigenvalue weighted by molar-refractivity contribution is -0.683. The van der Waals surface area contributed by atoms with Crippen LogP contribution in [-0.2, 0) is 13.1 Å². The summed E-state index contributed by atoms with van der Waals surface area (Å²) >= 11 is 0. The van der Waals surface area contributed by atoms with Crippen molar-refractivity contribution in [2.24, 2.45) is 21.7 Å². The van der Waals surface area contributed by atoms with E-state index in [4.69, 9.17) is 11.5 Å². The van der Waals surface area contributed by atoms with Crippen LogP contribution in [0, 0.1) is 0 Å². The molecule has 1 aliphatic rings. The summed E-state index contributed by atoms with van der Waals surface area (Å²) in [5.41, 5.74) is 14.4. The summed E-state index contributed by atoms with van der Waals surface area (Å²) in [5.74, 6) is 0.828. The largest absolute Gasteiger partial charge is 1.00 e. The van der Waals surface area contributed by atoms with Gasteiger partial charge >= 0.3 is 5.95 Å². The number of nitrogens with one attached hydrogen (secondary N) is 1. The number of likely N-dealkylation sites (N-methyl/N-ethyl adjacent to an activating group) is 1. The van der Waals surface area contributed by atoms with E-state index in [1.807, 2.05) is 24.5 Å². The molecule has 3 rings (SSSR count). The summed E-state index contributed by atoms with van der Waals surface area (Å²) in [4.78, 5) is 2.24. The molecule has 8 nitrogen and oxygen atoms in total. The second kappa shape index (κ2) is 13.8. The molecule has 164 valence electrons. The van der Waals surface area contributed by atoms with Gasteiger partial charge in [0.2, 0.25) is 0 Å². The minimum absolute atomic E-state index is 0. The molecule has 29 heavy (non-hydrogen) atoms. The highest BCUT2D eigenvalue weighted by molar-refractivity contribution is 5.85. The third-order valence-electron chi connectivity index (χ3n) is 4.56. The van der Waals surface area contributed by atoms with Gasteiger partial charge in [-0.25, -0.2) is 9.13 Å². The maximum Gasteiger partial charge on any atom is 0.421 e. The molecular formula is C18H31BrCl2N8. The Morgan fingerprint density at radius 2 is 1.90 bits per heavy atom. The molecule has 1 aliphatic heterocycles. The molecule has 11 heteroatoms. The Morgan fingerprint density at radius 1 is 1.14 bits per heavy atom. The van der Waals surface area contributed by atoms with E-state index >= 15 is 0 Å². The smallest absolute Gasteiger partial charge is 0.421 e. The average molecular weight is 510 g/mol. The van der Waals surface area contributed by atoms with Gasteiger partial charge in [0, 0.05) is 25.3 Å². The Morgan fingerprint density at radius 3 is 2.62 bits per heavy atom. The summed E-state index contributed by atoms with van der Waals surface area (Å²) < 4.78 is 4.19. The number of nitrogens with two attached hydrogens (primary N) is 2. The summed E-state index contributed by atoms with van der Waals surface area (Å²) in [6.45, 7) is 4.91. The van der Waals surface area contributed by atoms with E-state index in [0.29, 0.717) is 13.1 Å². The van der Waals surface area contributed by atoms with Crippen LogP contribution in [0.5, 0.6) is 0 Å². The molecule has 0 radical (unpaired) electrons. The minimum atomic E-state index is 0. The summed E-state index contributed by atoms with van der Waals surface area (Å²) in [6.07, 6.45) is 5.88. The van der Waals surface area contributed by atoms with Crippen molar-refractivity contribution in [2.45, 2.75) is 25.9 Å². The van der Waals surface area contributed by atoms with Crippen LogP contribution in [0.1, 0.15) is 12.8 Å². The van der Waals surface area contributed by atoms with Gasteiger partial charge in [0.05, 0.1) is 36.9 Å². The van der Waals surface area contributed by atoms with Gasteiger partial charge in [-0.1, -0.05) is 5.11 Å². The first kappa shape index (κ1) is 27.6. The fourth-order valence-corrected chi connectivity index (χ4v) is 3.09. The SMILES string of the molecule is CN1CCNc2cc(N=Nc3n(CCCN)cc[n+]3CCCN)ccc21.Cl.Cl.[Br-]. The maximum absolute atomic E-state index is 5.65. The zero-order chi connectivity index (χ0) is 18.4. The van der Waals surface area contributed by atoms with Crippen LogP contribution in [0.25, 0.3) is 0 Å². The molecule has 0 bridgehead atoms. The lowest BCUT2D eigenvalue weighted by atomic mass is 10.2. The zero-order valence-electron chi connectivity index (χ0n) is 16.6. The standard InChI is InChI=1S/C18H29N8.BrH.2ClH/c1-24-11-8-21-16-14-15(4-5-17(16)24)22-23-18-25(9-2-6-19)12-13-26(18)10-3-7-20;;;/h4-5,12-14,21H,2-3,6-11,19-20H2,1H3;3*1H/q+1;;;/p-1. The molecule has 0 saturated heterocycles. The second-order valence-electron chi connectivity index (χ2n) is 6.52. The molecule has 0 unspecified atom stereocenters. The first-order valence-corrected chi connectivity index (χ1v) is 9.22. The van der Waals surface area contributed by atoms with Crippen LogP contribution >= 0.6 is 24.8 Å². The Hall–Kier alpha value is -1.39. The van der Waals surface area contributed by atoms with Crippen LogP contribution in [0.4, 0.5) is 23.0 Å². The van der Waals surface area contributed by atoms with E-state index in [0.717, 1.165) is 56.3 Å². The van der Waals surface area contributed by atoms with E-state index < -0.39 is 0 Å². The molecule has 0 spiro atoms. The van der Waals surface area contributed by atoms with Crippen LogP contribution < -0.4 is 43.2 Å². The number of azo groups is 1. The molecule has 0 amide bonds. The topological polar surface area (TPSA) is 101 Å². The monoisotopic (exact) mass is 508 g/mol. The molecule has 0 aliphatic carbocycles. The van der Waals surface area contributed by atoms with Gasteiger partial charge in [-0.2, -0.15) is 0 Å². The Bertz CT molecular complexity index is 743. The van der Waals surface area contributed by atoms with Gasteiger partial charge in [-0.05, 0) is 44.1 Å². The number of hydrogen-bond donors (Lipinski definition) is 3. The highest BCUT2D eigenvalue weighted by atomic mass is 79.9. The molecule has 0 fully saturated rings. The van der Waals surface area contributed by atoms with E-state index in [9.17, 15) is 0 Å². The van der Waals surface area contributed by atoms with E-state index in [1.165, 1.54) is 5.69 Å². The predicted octanol–water partition coefficient (Wildman–Crippen LogP) is -0.402. The van der Waals surface area contributed by atoms with Crippen LogP contribution in [0.3, 0.4) is 0 Å². The summed E-state index contributed by atoms with van der Waals surface area (Å²) in [7, 11) is 2.10. The highest BCUT2D eigenvalue weighted by Gasteiger charge is 2.17. The van der Waals surface area contributed by atoms with Crippen molar-refractivity contribution < 1.29 is 21.5 Å². The number of rotatable bonds is 8. The predicted molar refractivity (Wildman–Crippen MR) is 119 cm³/mol. The average Bonchev–Trinajstić information content (AvgIpc) is 3.04. The highest BCUT2D eigenvalue weighted by Crippen LogP contribution is 2.32. The lowest BCUT2D eigenvalue weighted by Crippen LogP contribution is -3.00. The van der Waals surface area contributed by atoms with Gasteiger partial charge in [0.1, 0.15) is 5.69 Å². The van der Waals surface area contributed by atoms with Crippen molar-refractivity contribution in [2.75, 3.05) is 43.4 Å². The van der Waals surface area contributed by atoms with Gasteiger partial charge in [-0.3, -0.25) is 0 Å². The Kier molecular flexibility index (Phi) is 13.1. The molecule has 2 aromatic rings. The normalized spacial score (nSPS) is 12.4. The molecule has 2 heterocycles. The molecule has 0 atom stereocenters. The molecule has 1 aromatic carbocycles. The number of hydrogen-bond acceptors (Lipinski definition) is 6. The molecule has 0 saturated carbocycles. The first-order chi connectivity index (χ1) is 12.7. The number of benzene rings is 1. The number of imidazole rings is 1. The Labute approximate surface area is 195 Å². The first-order valence-electron chi connectivity index (χ1n) is 9.22. The minimum Gasteiger partial charge on any atom is -1.00 e. The quantitative estimate of drug-likeness (QED) is 0.333. The van der Waals surface area contributed by atoms with Crippen molar-refractivity contribution in [1.82, 2.24) is 4.57 Å². The molecule has 5 N–H and O–H groups in total. The number of anilines is 2. The van der Waals surface area contributed by atoms with E-state index in [-0.39, 0.29) is 41.8 Å². The van der Waals surface area contributed by atoms with E-state index in [1.54, 1.807) is 0 Å². The number of aromatic nitrogens is 2. The zero-order valence-corrected chi connectivity index (χ0v) is 19.8. The Balaban J connectivity index is 0.00000261. The number of halogens is 3. The van der Waals surface area contributed by atoms with Gasteiger partial charge in [0.15, 0.2) is 0 Å². The molecule has 1 aromatic heterocycles. The number of fused-ring (bicyclic) bond motifs is 1. The van der Waals surface area contributed by atoms with Crippen molar-refractivity contribution in [3.8, 4) is 0 Å². The summed E-state index contributed by atoms with van der Waals surface area (Å²) in [5, 5.41) is 12.4. The van der Waals surface area contributed by atoms with Crippen molar-refractivity contribution in [1.29, 1.82) is 0 Å². The van der Waals surface area contributed by atoms with Gasteiger partial charge in [0.25, 0.3) is 0 Å². The third kappa shape index (κ3) is 7.11. The number of aryl methyl sites for hydroxylation is 2. The van der Waals surface area contributed by atoms with Gasteiger partial charge < -0.3 is 38.7 Å². The third-order valence-corrected chi connectivity index (χ3v) is 4.56. The van der Waals surface area contributed by atoms with Crippen LogP contribution in [0.2, 0.25) is 0 Å². The van der Waals surface area contributed by atoms with Crippen LogP contribution in [-0.4, -0.2) is 37.8 Å².